The molecule has 1 amide bonds. The van der Waals surface area contributed by atoms with Crippen molar-refractivity contribution in [3.05, 3.63) is 69.3 Å². The Balaban J connectivity index is 1.41. The van der Waals surface area contributed by atoms with Crippen LogP contribution in [0.2, 0.25) is 0 Å². The van der Waals surface area contributed by atoms with Gasteiger partial charge in [-0.1, -0.05) is 25.1 Å². The summed E-state index contributed by atoms with van der Waals surface area (Å²) in [5.41, 5.74) is 4.49. The maximum absolute atomic E-state index is 13.1. The molecule has 0 atom stereocenters. The van der Waals surface area contributed by atoms with Crippen molar-refractivity contribution in [2.45, 2.75) is 38.2 Å². The molecule has 0 unspecified atom stereocenters. The summed E-state index contributed by atoms with van der Waals surface area (Å²) in [6.45, 7) is 3.93. The van der Waals surface area contributed by atoms with E-state index >= 15 is 0 Å². The van der Waals surface area contributed by atoms with Crippen molar-refractivity contribution >= 4 is 16.8 Å². The molecule has 2 N–H and O–H groups in total. The molecule has 2 aliphatic rings. The summed E-state index contributed by atoms with van der Waals surface area (Å²) in [5, 5.41) is 1.28. The number of fused-ring (bicyclic) bond motifs is 4. The number of para-hydroxylation sites is 1. The molecule has 0 bridgehead atoms. The van der Waals surface area contributed by atoms with Gasteiger partial charge in [0.15, 0.2) is 0 Å². The van der Waals surface area contributed by atoms with Gasteiger partial charge in [-0.3, -0.25) is 9.59 Å². The highest BCUT2D eigenvalue weighted by Gasteiger charge is 2.43. The number of rotatable bonds is 2. The second kappa shape index (κ2) is 6.88. The minimum Gasteiger partial charge on any atom is -0.368 e. The number of carbonyl (C=O) groups is 1. The molecule has 6 nitrogen and oxygen atoms in total. The van der Waals surface area contributed by atoms with Crippen LogP contribution in [0, 0.1) is 0 Å². The Morgan fingerprint density at radius 2 is 1.93 bits per heavy atom. The lowest BCUT2D eigenvalue weighted by atomic mass is 9.83. The monoisotopic (exact) mass is 391 g/mol. The van der Waals surface area contributed by atoms with Crippen molar-refractivity contribution in [1.82, 2.24) is 14.9 Å². The quantitative estimate of drug-likeness (QED) is 0.705. The number of nitrogens with one attached hydrogen (secondary N) is 2. The van der Waals surface area contributed by atoms with Gasteiger partial charge in [-0.2, -0.15) is 0 Å². The number of ether oxygens (including phenoxy) is 1. The van der Waals surface area contributed by atoms with Gasteiger partial charge in [0, 0.05) is 35.8 Å². The number of pyridine rings is 1. The lowest BCUT2D eigenvalue weighted by Gasteiger charge is -2.43. The van der Waals surface area contributed by atoms with Crippen molar-refractivity contribution in [2.75, 3.05) is 19.7 Å². The Hall–Kier alpha value is -2.86. The summed E-state index contributed by atoms with van der Waals surface area (Å²) in [5.74, 6) is -0.0133. The first-order valence-electron chi connectivity index (χ1n) is 10.4. The molecule has 0 saturated carbocycles. The zero-order valence-electron chi connectivity index (χ0n) is 16.6. The summed E-state index contributed by atoms with van der Waals surface area (Å²) in [6, 6.07) is 11.5. The van der Waals surface area contributed by atoms with Crippen LogP contribution in [-0.4, -0.2) is 40.5 Å². The summed E-state index contributed by atoms with van der Waals surface area (Å²) < 4.78 is 6.34. The standard InChI is InChI=1S/C23H25N3O3/c1-2-18-17(7-8-20(27)24-18)22(28)26-12-10-23(11-13-26)21-16(9-14-29-23)15-5-3-4-6-19(15)25-21/h3-8,25H,2,9-14H2,1H3,(H,24,27). The minimum absolute atomic E-state index is 0.0133. The first-order valence-corrected chi connectivity index (χ1v) is 10.4. The van der Waals surface area contributed by atoms with Crippen LogP contribution in [0.1, 0.15) is 47.1 Å². The predicted octanol–water partition coefficient (Wildman–Crippen LogP) is 3.12. The van der Waals surface area contributed by atoms with E-state index in [-0.39, 0.29) is 17.1 Å². The third kappa shape index (κ3) is 2.90. The van der Waals surface area contributed by atoms with Crippen LogP contribution >= 0.6 is 0 Å². The van der Waals surface area contributed by atoms with Crippen molar-refractivity contribution < 1.29 is 9.53 Å². The number of hydrogen-bond acceptors (Lipinski definition) is 3. The Labute approximate surface area is 168 Å². The Morgan fingerprint density at radius 3 is 2.72 bits per heavy atom. The number of piperidine rings is 1. The first-order chi connectivity index (χ1) is 14.1. The number of aryl methyl sites for hydroxylation is 1. The fraction of sp³-hybridized carbons (Fsp3) is 0.391. The smallest absolute Gasteiger partial charge is 0.255 e. The maximum Gasteiger partial charge on any atom is 0.255 e. The van der Waals surface area contributed by atoms with E-state index in [9.17, 15) is 9.59 Å². The molecule has 6 heteroatoms. The summed E-state index contributed by atoms with van der Waals surface area (Å²) in [7, 11) is 0. The van der Waals surface area contributed by atoms with Gasteiger partial charge in [0.1, 0.15) is 5.60 Å². The fourth-order valence-corrected chi connectivity index (χ4v) is 4.90. The number of carbonyl (C=O) groups excluding carboxylic acids is 1. The number of aromatic amines is 2. The van der Waals surface area contributed by atoms with Crippen LogP contribution < -0.4 is 5.56 Å². The number of hydrogen-bond donors (Lipinski definition) is 2. The van der Waals surface area contributed by atoms with Gasteiger partial charge in [-0.15, -0.1) is 0 Å². The topological polar surface area (TPSA) is 78.2 Å². The molecule has 2 aliphatic heterocycles. The molecule has 3 aromatic rings. The van der Waals surface area contributed by atoms with Crippen LogP contribution in [0.3, 0.4) is 0 Å². The van der Waals surface area contributed by atoms with E-state index in [0.29, 0.717) is 37.4 Å². The third-order valence-corrected chi connectivity index (χ3v) is 6.44. The van der Waals surface area contributed by atoms with Gasteiger partial charge >= 0.3 is 0 Å². The van der Waals surface area contributed by atoms with Gasteiger partial charge in [-0.25, -0.2) is 0 Å². The zero-order valence-corrected chi connectivity index (χ0v) is 16.6. The van der Waals surface area contributed by atoms with E-state index in [1.54, 1.807) is 6.07 Å². The highest BCUT2D eigenvalue weighted by Crippen LogP contribution is 2.43. The van der Waals surface area contributed by atoms with Crippen LogP contribution in [0.15, 0.2) is 41.2 Å². The van der Waals surface area contributed by atoms with Crippen LogP contribution in [0.5, 0.6) is 0 Å². The average molecular weight is 391 g/mol. The number of amides is 1. The molecule has 1 aromatic carbocycles. The van der Waals surface area contributed by atoms with Crippen LogP contribution in [-0.2, 0) is 23.2 Å². The number of benzene rings is 1. The van der Waals surface area contributed by atoms with Crippen molar-refractivity contribution in [3.63, 3.8) is 0 Å². The summed E-state index contributed by atoms with van der Waals surface area (Å²) >= 11 is 0. The first kappa shape index (κ1) is 18.2. The SMILES string of the molecule is CCc1[nH]c(=O)ccc1C(=O)N1CCC2(CC1)OCCc1c2[nH]c2ccccc12. The van der Waals surface area contributed by atoms with E-state index in [2.05, 4.69) is 34.2 Å². The van der Waals surface area contributed by atoms with E-state index in [4.69, 9.17) is 4.74 Å². The van der Waals surface area contributed by atoms with Crippen molar-refractivity contribution in [2.24, 2.45) is 0 Å². The summed E-state index contributed by atoms with van der Waals surface area (Å²) in [4.78, 5) is 33.0. The second-order valence-corrected chi connectivity index (χ2v) is 7.98. The molecule has 1 fully saturated rings. The number of likely N-dealkylation sites (tertiary alicyclic amines) is 1. The molecule has 150 valence electrons. The maximum atomic E-state index is 13.1. The molecule has 1 spiro atoms. The van der Waals surface area contributed by atoms with Gasteiger partial charge < -0.3 is 19.6 Å². The normalized spacial score (nSPS) is 18.2. The van der Waals surface area contributed by atoms with E-state index < -0.39 is 0 Å². The van der Waals surface area contributed by atoms with Crippen molar-refractivity contribution in [1.29, 1.82) is 0 Å². The van der Waals surface area contributed by atoms with E-state index in [0.717, 1.165) is 24.8 Å². The molecule has 0 aliphatic carbocycles. The largest absolute Gasteiger partial charge is 0.368 e. The predicted molar refractivity (Wildman–Crippen MR) is 111 cm³/mol. The Morgan fingerprint density at radius 1 is 1.14 bits per heavy atom. The third-order valence-electron chi connectivity index (χ3n) is 6.44. The van der Waals surface area contributed by atoms with Gasteiger partial charge in [-0.05, 0) is 43.4 Å². The highest BCUT2D eigenvalue weighted by molar-refractivity contribution is 5.95. The van der Waals surface area contributed by atoms with Gasteiger partial charge in [0.2, 0.25) is 5.56 Å². The molecule has 4 heterocycles. The molecule has 2 aromatic heterocycles. The molecular formula is C23H25N3O3. The second-order valence-electron chi connectivity index (χ2n) is 7.98. The lowest BCUT2D eigenvalue weighted by molar-refractivity contribution is -0.0957. The van der Waals surface area contributed by atoms with Crippen LogP contribution in [0.4, 0.5) is 0 Å². The Kier molecular flexibility index (Phi) is 4.32. The zero-order chi connectivity index (χ0) is 20.0. The van der Waals surface area contributed by atoms with Gasteiger partial charge in [0.05, 0.1) is 17.9 Å². The van der Waals surface area contributed by atoms with Crippen molar-refractivity contribution in [3.8, 4) is 0 Å². The van der Waals surface area contributed by atoms with E-state index in [1.165, 1.54) is 22.7 Å². The molecule has 1 saturated heterocycles. The van der Waals surface area contributed by atoms with E-state index in [1.807, 2.05) is 11.8 Å². The fourth-order valence-electron chi connectivity index (χ4n) is 4.90. The highest BCUT2D eigenvalue weighted by atomic mass is 16.5. The Bertz CT molecular complexity index is 1140. The summed E-state index contributed by atoms with van der Waals surface area (Å²) in [6.07, 6.45) is 3.07. The average Bonchev–Trinajstić information content (AvgIpc) is 3.14. The molecular weight excluding hydrogens is 366 g/mol. The molecule has 0 radical (unpaired) electrons. The number of aromatic nitrogens is 2. The van der Waals surface area contributed by atoms with Gasteiger partial charge in [0.25, 0.3) is 5.91 Å². The lowest BCUT2D eigenvalue weighted by Crippen LogP contribution is -2.48. The van der Waals surface area contributed by atoms with Crippen LogP contribution in [0.25, 0.3) is 10.9 Å². The minimum atomic E-state index is -0.345. The molecule has 5 rings (SSSR count). The molecule has 29 heavy (non-hydrogen) atoms. The number of nitrogens with zero attached hydrogens (tertiary/aromatic N) is 1. The number of H-pyrrole nitrogens is 2.